The van der Waals surface area contributed by atoms with E-state index in [1.165, 1.54) is 16.7 Å². The van der Waals surface area contributed by atoms with Crippen molar-refractivity contribution < 1.29 is 9.59 Å². The normalized spacial score (nSPS) is 17.1. The summed E-state index contributed by atoms with van der Waals surface area (Å²) in [5, 5.41) is 4.69. The predicted molar refractivity (Wildman–Crippen MR) is 87.5 cm³/mol. The van der Waals surface area contributed by atoms with Gasteiger partial charge in [0.15, 0.2) is 0 Å². The number of hydrogen-bond donors (Lipinski definition) is 1. The van der Waals surface area contributed by atoms with Gasteiger partial charge >= 0.3 is 0 Å². The molecule has 0 spiro atoms. The van der Waals surface area contributed by atoms with E-state index in [0.717, 1.165) is 11.3 Å². The van der Waals surface area contributed by atoms with Gasteiger partial charge < -0.3 is 5.32 Å². The molecule has 0 aromatic carbocycles. The number of hydrogen-bond acceptors (Lipinski definition) is 5. The smallest absolute Gasteiger partial charge is 0.266 e. The van der Waals surface area contributed by atoms with Gasteiger partial charge in [-0.3, -0.25) is 14.5 Å². The second kappa shape index (κ2) is 7.01. The second-order valence-electron chi connectivity index (χ2n) is 4.13. The van der Waals surface area contributed by atoms with E-state index >= 15 is 0 Å². The van der Waals surface area contributed by atoms with Gasteiger partial charge in [0.1, 0.15) is 10.9 Å². The second-order valence-corrected chi connectivity index (χ2v) is 6.79. The monoisotopic (exact) mass is 326 g/mol. The quantitative estimate of drug-likeness (QED) is 0.667. The highest BCUT2D eigenvalue weighted by atomic mass is 32.2. The lowest BCUT2D eigenvalue weighted by molar-refractivity contribution is -0.128. The summed E-state index contributed by atoms with van der Waals surface area (Å²) in [7, 11) is 0. The summed E-state index contributed by atoms with van der Waals surface area (Å²) in [4.78, 5) is 26.8. The molecular formula is C13H14N2O2S3. The number of thiophene rings is 1. The number of nitrogens with one attached hydrogen (secondary N) is 1. The highest BCUT2D eigenvalue weighted by Gasteiger charge is 2.33. The van der Waals surface area contributed by atoms with Gasteiger partial charge in [-0.1, -0.05) is 37.0 Å². The van der Waals surface area contributed by atoms with Crippen molar-refractivity contribution in [2.45, 2.75) is 13.3 Å². The third-order valence-electron chi connectivity index (χ3n) is 2.56. The number of thioether (sulfide) groups is 1. The summed E-state index contributed by atoms with van der Waals surface area (Å²) in [6.07, 6.45) is 2.68. The molecule has 0 radical (unpaired) electrons. The Morgan fingerprint density at radius 3 is 3.00 bits per heavy atom. The van der Waals surface area contributed by atoms with Crippen molar-refractivity contribution in [2.24, 2.45) is 0 Å². The lowest BCUT2D eigenvalue weighted by Gasteiger charge is -2.13. The molecule has 1 aliphatic rings. The van der Waals surface area contributed by atoms with Gasteiger partial charge in [0.25, 0.3) is 5.91 Å². The van der Waals surface area contributed by atoms with Crippen LogP contribution in [0.15, 0.2) is 22.4 Å². The highest BCUT2D eigenvalue weighted by Crippen LogP contribution is 2.32. The minimum Gasteiger partial charge on any atom is -0.355 e. The van der Waals surface area contributed by atoms with Crippen LogP contribution in [0, 0.1) is 0 Å². The minimum atomic E-state index is -0.194. The zero-order valence-electron chi connectivity index (χ0n) is 10.9. The summed E-state index contributed by atoms with van der Waals surface area (Å²) >= 11 is 7.97. The van der Waals surface area contributed by atoms with Gasteiger partial charge in [-0.25, -0.2) is 0 Å². The van der Waals surface area contributed by atoms with Crippen LogP contribution in [-0.4, -0.2) is 34.1 Å². The van der Waals surface area contributed by atoms with Crippen molar-refractivity contribution in [2.75, 3.05) is 13.1 Å². The van der Waals surface area contributed by atoms with Gasteiger partial charge in [0.05, 0.1) is 4.91 Å². The molecule has 2 rings (SSSR count). The largest absolute Gasteiger partial charge is 0.355 e. The molecule has 0 saturated carbocycles. The van der Waals surface area contributed by atoms with Crippen LogP contribution in [0.3, 0.4) is 0 Å². The molecule has 106 valence electrons. The molecule has 20 heavy (non-hydrogen) atoms. The Kier molecular flexibility index (Phi) is 5.33. The summed E-state index contributed by atoms with van der Waals surface area (Å²) in [6, 6.07) is 3.86. The molecular weight excluding hydrogens is 312 g/mol. The van der Waals surface area contributed by atoms with Crippen molar-refractivity contribution >= 4 is 57.5 Å². The molecule has 1 aliphatic heterocycles. The van der Waals surface area contributed by atoms with E-state index < -0.39 is 0 Å². The summed E-state index contributed by atoms with van der Waals surface area (Å²) < 4.78 is 0.435. The van der Waals surface area contributed by atoms with Crippen LogP contribution >= 0.6 is 35.3 Å². The zero-order chi connectivity index (χ0) is 14.5. The average molecular weight is 326 g/mol. The van der Waals surface area contributed by atoms with Crippen LogP contribution in [-0.2, 0) is 9.59 Å². The standard InChI is InChI=1S/C13H14N2O2S3/c1-2-5-14-11(16)8-15-12(17)10(20-13(15)18)7-9-4-3-6-19-9/h3-4,6-7H,2,5,8H2,1H3,(H,14,16)/b10-7+. The third-order valence-corrected chi connectivity index (χ3v) is 4.76. The molecule has 1 aromatic rings. The van der Waals surface area contributed by atoms with Crippen LogP contribution in [0.2, 0.25) is 0 Å². The third kappa shape index (κ3) is 3.68. The van der Waals surface area contributed by atoms with Crippen LogP contribution < -0.4 is 5.32 Å². The Labute approximate surface area is 131 Å². The highest BCUT2D eigenvalue weighted by molar-refractivity contribution is 8.26. The van der Waals surface area contributed by atoms with Crippen molar-refractivity contribution in [3.05, 3.63) is 27.3 Å². The van der Waals surface area contributed by atoms with E-state index in [1.807, 2.05) is 30.5 Å². The van der Waals surface area contributed by atoms with Crippen molar-refractivity contribution in [1.29, 1.82) is 0 Å². The maximum absolute atomic E-state index is 12.2. The van der Waals surface area contributed by atoms with Crippen LogP contribution in [0.5, 0.6) is 0 Å². The van der Waals surface area contributed by atoms with Gasteiger partial charge in [0.2, 0.25) is 5.91 Å². The Hall–Kier alpha value is -1.18. The lowest BCUT2D eigenvalue weighted by Crippen LogP contribution is -2.39. The zero-order valence-corrected chi connectivity index (χ0v) is 13.4. The molecule has 1 fully saturated rings. The van der Waals surface area contributed by atoms with E-state index in [4.69, 9.17) is 12.2 Å². The van der Waals surface area contributed by atoms with Gasteiger partial charge in [0, 0.05) is 11.4 Å². The summed E-state index contributed by atoms with van der Waals surface area (Å²) in [6.45, 7) is 2.58. The number of carbonyl (C=O) groups excluding carboxylic acids is 2. The van der Waals surface area contributed by atoms with E-state index in [9.17, 15) is 9.59 Å². The van der Waals surface area contributed by atoms with Crippen molar-refractivity contribution in [3.63, 3.8) is 0 Å². The van der Waals surface area contributed by atoms with Crippen molar-refractivity contribution in [1.82, 2.24) is 10.2 Å². The molecule has 1 aromatic heterocycles. The lowest BCUT2D eigenvalue weighted by atomic mass is 10.3. The SMILES string of the molecule is CCCNC(=O)CN1C(=O)/C(=C\c2cccs2)SC1=S. The molecule has 0 bridgehead atoms. The molecule has 7 heteroatoms. The van der Waals surface area contributed by atoms with Crippen LogP contribution in [0.1, 0.15) is 18.2 Å². The number of carbonyl (C=O) groups is 2. The first-order valence-corrected chi connectivity index (χ1v) is 8.28. The van der Waals surface area contributed by atoms with E-state index in [1.54, 1.807) is 11.3 Å². The molecule has 0 atom stereocenters. The fourth-order valence-electron chi connectivity index (χ4n) is 1.60. The molecule has 0 unspecified atom stereocenters. The average Bonchev–Trinajstić information content (AvgIpc) is 3.01. The first-order valence-electron chi connectivity index (χ1n) is 6.17. The van der Waals surface area contributed by atoms with Crippen molar-refractivity contribution in [3.8, 4) is 0 Å². The fraction of sp³-hybridized carbons (Fsp3) is 0.308. The molecule has 4 nitrogen and oxygen atoms in total. The molecule has 2 heterocycles. The van der Waals surface area contributed by atoms with E-state index in [0.29, 0.717) is 15.8 Å². The predicted octanol–water partition coefficient (Wildman–Crippen LogP) is 2.48. The maximum Gasteiger partial charge on any atom is 0.266 e. The fourth-order valence-corrected chi connectivity index (χ4v) is 3.58. The molecule has 1 saturated heterocycles. The molecule has 1 N–H and O–H groups in total. The minimum absolute atomic E-state index is 0.00749. The molecule has 0 aliphatic carbocycles. The topological polar surface area (TPSA) is 49.4 Å². The van der Waals surface area contributed by atoms with Gasteiger partial charge in [-0.2, -0.15) is 0 Å². The number of amides is 2. The Bertz CT molecular complexity index is 552. The first kappa shape index (κ1) is 15.2. The Morgan fingerprint density at radius 1 is 1.55 bits per heavy atom. The number of rotatable bonds is 5. The number of nitrogens with zero attached hydrogens (tertiary/aromatic N) is 1. The van der Waals surface area contributed by atoms with E-state index in [2.05, 4.69) is 5.32 Å². The summed E-state index contributed by atoms with van der Waals surface area (Å²) in [5.74, 6) is -0.374. The van der Waals surface area contributed by atoms with E-state index in [-0.39, 0.29) is 18.4 Å². The number of thiocarbonyl (C=S) groups is 1. The van der Waals surface area contributed by atoms with Crippen LogP contribution in [0.25, 0.3) is 6.08 Å². The molecule has 2 amide bonds. The Balaban J connectivity index is 2.04. The van der Waals surface area contributed by atoms with Crippen LogP contribution in [0.4, 0.5) is 0 Å². The summed E-state index contributed by atoms with van der Waals surface area (Å²) in [5.41, 5.74) is 0. The maximum atomic E-state index is 12.2. The van der Waals surface area contributed by atoms with Gasteiger partial charge in [-0.15, -0.1) is 11.3 Å². The first-order chi connectivity index (χ1) is 9.61. The van der Waals surface area contributed by atoms with Gasteiger partial charge in [-0.05, 0) is 23.9 Å². The Morgan fingerprint density at radius 2 is 2.35 bits per heavy atom.